The van der Waals surface area contributed by atoms with E-state index in [-0.39, 0.29) is 5.91 Å². The van der Waals surface area contributed by atoms with Gasteiger partial charge in [-0.15, -0.1) is 0 Å². The lowest BCUT2D eigenvalue weighted by Gasteiger charge is -2.12. The molecular formula is C21H24N2O2S. The van der Waals surface area contributed by atoms with E-state index >= 15 is 0 Å². The van der Waals surface area contributed by atoms with Crippen LogP contribution < -0.4 is 5.32 Å². The van der Waals surface area contributed by atoms with Crippen molar-refractivity contribution in [2.24, 2.45) is 4.99 Å². The van der Waals surface area contributed by atoms with Crippen molar-refractivity contribution in [1.82, 2.24) is 5.32 Å². The number of aliphatic imine (C=N–C) groups is 1. The van der Waals surface area contributed by atoms with Gasteiger partial charge in [0.2, 0.25) is 0 Å². The summed E-state index contributed by atoms with van der Waals surface area (Å²) >= 11 is 1.73. The summed E-state index contributed by atoms with van der Waals surface area (Å²) < 4.78 is 5.01. The molecule has 1 amide bonds. The van der Waals surface area contributed by atoms with Crippen LogP contribution >= 0.6 is 11.8 Å². The average molecular weight is 369 g/mol. The Kier molecular flexibility index (Phi) is 5.79. The fourth-order valence-corrected chi connectivity index (χ4v) is 4.27. The largest absolute Gasteiger partial charge is 0.385 e. The predicted octanol–water partition coefficient (Wildman–Crippen LogP) is 4.68. The number of carbonyl (C=O) groups is 1. The number of benzene rings is 2. The fourth-order valence-electron chi connectivity index (χ4n) is 3.07. The van der Waals surface area contributed by atoms with Gasteiger partial charge in [0.05, 0.1) is 5.69 Å². The van der Waals surface area contributed by atoms with Crippen molar-refractivity contribution < 1.29 is 9.53 Å². The van der Waals surface area contributed by atoms with Crippen molar-refractivity contribution in [3.05, 3.63) is 52.6 Å². The van der Waals surface area contributed by atoms with Crippen LogP contribution in [0.25, 0.3) is 0 Å². The number of carbonyl (C=O) groups excluding carboxylic acids is 1. The van der Waals surface area contributed by atoms with E-state index in [4.69, 9.17) is 9.73 Å². The van der Waals surface area contributed by atoms with Gasteiger partial charge in [-0.2, -0.15) is 0 Å². The second-order valence-electron chi connectivity index (χ2n) is 6.49. The third-order valence-electron chi connectivity index (χ3n) is 4.46. The van der Waals surface area contributed by atoms with Gasteiger partial charge in [0, 0.05) is 46.9 Å². The van der Waals surface area contributed by atoms with E-state index in [1.54, 1.807) is 18.9 Å². The van der Waals surface area contributed by atoms with E-state index in [1.807, 2.05) is 25.1 Å². The Morgan fingerprint density at radius 2 is 1.92 bits per heavy atom. The Morgan fingerprint density at radius 3 is 2.69 bits per heavy atom. The molecule has 0 atom stereocenters. The molecule has 1 aliphatic rings. The molecule has 136 valence electrons. The first-order valence-corrected chi connectivity index (χ1v) is 9.58. The molecule has 26 heavy (non-hydrogen) atoms. The highest BCUT2D eigenvalue weighted by Gasteiger charge is 2.19. The lowest BCUT2D eigenvalue weighted by molar-refractivity contribution is 0.0948. The first-order chi connectivity index (χ1) is 12.5. The molecule has 0 bridgehead atoms. The predicted molar refractivity (Wildman–Crippen MR) is 107 cm³/mol. The Labute approximate surface area is 159 Å². The number of methoxy groups -OCH3 is 1. The van der Waals surface area contributed by atoms with Crippen LogP contribution in [0.1, 0.15) is 40.4 Å². The summed E-state index contributed by atoms with van der Waals surface area (Å²) in [7, 11) is 1.66. The smallest absolute Gasteiger partial charge is 0.251 e. The van der Waals surface area contributed by atoms with Crippen LogP contribution in [-0.2, 0) is 4.74 Å². The van der Waals surface area contributed by atoms with Crippen LogP contribution in [0.5, 0.6) is 0 Å². The van der Waals surface area contributed by atoms with E-state index in [0.29, 0.717) is 18.7 Å². The molecule has 2 aromatic rings. The van der Waals surface area contributed by atoms with Gasteiger partial charge in [-0.25, -0.2) is 0 Å². The monoisotopic (exact) mass is 368 g/mol. The van der Waals surface area contributed by atoms with E-state index in [1.165, 1.54) is 21.6 Å². The highest BCUT2D eigenvalue weighted by Crippen LogP contribution is 2.43. The van der Waals surface area contributed by atoms with Crippen LogP contribution in [0.4, 0.5) is 5.69 Å². The van der Waals surface area contributed by atoms with Crippen LogP contribution in [0.2, 0.25) is 0 Å². The average Bonchev–Trinajstić information content (AvgIpc) is 2.77. The van der Waals surface area contributed by atoms with Gasteiger partial charge < -0.3 is 10.1 Å². The number of ether oxygens (including phenoxy) is 1. The number of amides is 1. The second-order valence-corrected chi connectivity index (χ2v) is 7.54. The van der Waals surface area contributed by atoms with Crippen molar-refractivity contribution in [3.8, 4) is 0 Å². The zero-order chi connectivity index (χ0) is 18.7. The lowest BCUT2D eigenvalue weighted by Crippen LogP contribution is -2.25. The minimum Gasteiger partial charge on any atom is -0.385 e. The highest BCUT2D eigenvalue weighted by atomic mass is 32.2. The molecular weight excluding hydrogens is 344 g/mol. The first-order valence-electron chi connectivity index (χ1n) is 8.76. The molecule has 0 aromatic heterocycles. The van der Waals surface area contributed by atoms with Gasteiger partial charge in [0.15, 0.2) is 0 Å². The standard InChI is InChI=1S/C21H24N2O2S/c1-13-6-7-14(2)20-19(13)15(3)23-17-12-16(8-9-18(17)26-20)21(24)22-10-5-11-25-4/h6-9,12H,5,10-11H2,1-4H3,(H,22,24). The zero-order valence-electron chi connectivity index (χ0n) is 15.7. The molecule has 0 aliphatic carbocycles. The molecule has 1 N–H and O–H groups in total. The molecule has 2 aromatic carbocycles. The minimum absolute atomic E-state index is 0.0733. The van der Waals surface area contributed by atoms with E-state index < -0.39 is 0 Å². The number of nitrogens with one attached hydrogen (secondary N) is 1. The molecule has 4 nitrogen and oxygen atoms in total. The van der Waals surface area contributed by atoms with Crippen LogP contribution in [-0.4, -0.2) is 31.9 Å². The summed E-state index contributed by atoms with van der Waals surface area (Å²) in [5, 5.41) is 2.93. The molecule has 0 spiro atoms. The molecule has 5 heteroatoms. The van der Waals surface area contributed by atoms with Crippen molar-refractivity contribution in [3.63, 3.8) is 0 Å². The van der Waals surface area contributed by atoms with Gasteiger partial charge in [0.25, 0.3) is 5.91 Å². The molecule has 0 radical (unpaired) electrons. The summed E-state index contributed by atoms with van der Waals surface area (Å²) in [5.41, 5.74) is 6.16. The Hall–Kier alpha value is -2.11. The van der Waals surface area contributed by atoms with Gasteiger partial charge >= 0.3 is 0 Å². The maximum absolute atomic E-state index is 12.4. The summed E-state index contributed by atoms with van der Waals surface area (Å²) in [4.78, 5) is 19.5. The third-order valence-corrected chi connectivity index (χ3v) is 5.75. The van der Waals surface area contributed by atoms with Crippen LogP contribution in [0, 0.1) is 13.8 Å². The number of rotatable bonds is 5. The summed E-state index contributed by atoms with van der Waals surface area (Å²) in [6, 6.07) is 10.0. The molecule has 0 saturated heterocycles. The molecule has 0 unspecified atom stereocenters. The number of fused-ring (bicyclic) bond motifs is 2. The van der Waals surface area contributed by atoms with Gasteiger partial charge in [-0.05, 0) is 56.5 Å². The second kappa shape index (κ2) is 8.06. The number of hydrogen-bond acceptors (Lipinski definition) is 4. The maximum atomic E-state index is 12.4. The molecule has 3 rings (SSSR count). The van der Waals surface area contributed by atoms with Crippen molar-refractivity contribution in [2.75, 3.05) is 20.3 Å². The topological polar surface area (TPSA) is 50.7 Å². The number of nitrogens with zero attached hydrogens (tertiary/aromatic N) is 1. The van der Waals surface area contributed by atoms with E-state index in [2.05, 4.69) is 31.3 Å². The summed E-state index contributed by atoms with van der Waals surface area (Å²) in [6.45, 7) is 7.53. The number of aryl methyl sites for hydroxylation is 2. The number of hydrogen-bond donors (Lipinski definition) is 1. The maximum Gasteiger partial charge on any atom is 0.251 e. The third kappa shape index (κ3) is 3.84. The highest BCUT2D eigenvalue weighted by molar-refractivity contribution is 7.99. The van der Waals surface area contributed by atoms with E-state index in [0.717, 1.165) is 22.7 Å². The molecule has 1 heterocycles. The van der Waals surface area contributed by atoms with Crippen molar-refractivity contribution >= 4 is 29.1 Å². The zero-order valence-corrected chi connectivity index (χ0v) is 16.5. The van der Waals surface area contributed by atoms with Crippen LogP contribution in [0.15, 0.2) is 45.1 Å². The van der Waals surface area contributed by atoms with Gasteiger partial charge in [-0.3, -0.25) is 9.79 Å². The SMILES string of the molecule is COCCCNC(=O)c1ccc2c(c1)N=C(C)c1c(C)ccc(C)c1S2. The summed E-state index contributed by atoms with van der Waals surface area (Å²) in [5.74, 6) is -0.0733. The lowest BCUT2D eigenvalue weighted by atomic mass is 10.0. The Bertz CT molecular complexity index is 875. The van der Waals surface area contributed by atoms with Gasteiger partial charge in [0.1, 0.15) is 0 Å². The molecule has 0 saturated carbocycles. The summed E-state index contributed by atoms with van der Waals surface area (Å²) in [6.07, 6.45) is 0.800. The van der Waals surface area contributed by atoms with Crippen molar-refractivity contribution in [1.29, 1.82) is 0 Å². The molecule has 1 aliphatic heterocycles. The van der Waals surface area contributed by atoms with E-state index in [9.17, 15) is 4.79 Å². The molecule has 0 fully saturated rings. The van der Waals surface area contributed by atoms with Gasteiger partial charge in [-0.1, -0.05) is 23.9 Å². The van der Waals surface area contributed by atoms with Crippen LogP contribution in [0.3, 0.4) is 0 Å². The first kappa shape index (κ1) is 18.7. The minimum atomic E-state index is -0.0733. The van der Waals surface area contributed by atoms with Crippen molar-refractivity contribution in [2.45, 2.75) is 37.0 Å². The fraction of sp³-hybridized carbons (Fsp3) is 0.333. The Balaban J connectivity index is 1.90. The normalized spacial score (nSPS) is 12.7. The Morgan fingerprint density at radius 1 is 1.15 bits per heavy atom. The quantitative estimate of drug-likeness (QED) is 0.780.